The van der Waals surface area contributed by atoms with Crippen molar-refractivity contribution in [2.45, 2.75) is 13.8 Å². The molecule has 1 N–H and O–H groups in total. The number of piperazine rings is 1. The minimum atomic E-state index is 0.0278. The van der Waals surface area contributed by atoms with Crippen molar-refractivity contribution in [3.8, 4) is 0 Å². The zero-order valence-corrected chi connectivity index (χ0v) is 20.2. The number of nitrogens with one attached hydrogen (secondary N) is 1. The molecule has 1 aliphatic rings. The molecule has 5 aromatic rings. The van der Waals surface area contributed by atoms with Crippen LogP contribution in [0.5, 0.6) is 0 Å². The van der Waals surface area contributed by atoms with Gasteiger partial charge in [0.15, 0.2) is 5.82 Å². The lowest BCUT2D eigenvalue weighted by Gasteiger charge is -2.37. The van der Waals surface area contributed by atoms with E-state index in [0.29, 0.717) is 30.1 Å². The summed E-state index contributed by atoms with van der Waals surface area (Å²) in [4.78, 5) is 22.3. The van der Waals surface area contributed by atoms with Gasteiger partial charge in [-0.05, 0) is 71.8 Å². The second-order valence-electron chi connectivity index (χ2n) is 9.14. The van der Waals surface area contributed by atoms with E-state index in [-0.39, 0.29) is 5.91 Å². The summed E-state index contributed by atoms with van der Waals surface area (Å²) in [6.07, 6.45) is 0. The Hall–Kier alpha value is -4.53. The van der Waals surface area contributed by atoms with Gasteiger partial charge in [-0.25, -0.2) is 4.98 Å². The molecule has 0 atom stereocenters. The molecule has 9 nitrogen and oxygen atoms in total. The second kappa shape index (κ2) is 8.92. The van der Waals surface area contributed by atoms with E-state index in [2.05, 4.69) is 57.8 Å². The van der Waals surface area contributed by atoms with Crippen LogP contribution in [0.2, 0.25) is 0 Å². The summed E-state index contributed by atoms with van der Waals surface area (Å²) in [7, 11) is 0. The van der Waals surface area contributed by atoms with Crippen molar-refractivity contribution in [3.05, 3.63) is 83.4 Å². The maximum absolute atomic E-state index is 13.3. The number of carbonyl (C=O) groups is 1. The molecule has 180 valence electrons. The highest BCUT2D eigenvalue weighted by Crippen LogP contribution is 2.25. The van der Waals surface area contributed by atoms with Gasteiger partial charge in [0.1, 0.15) is 0 Å². The largest absolute Gasteiger partial charge is 0.368 e. The van der Waals surface area contributed by atoms with Crippen molar-refractivity contribution in [3.63, 3.8) is 0 Å². The number of tetrazole rings is 1. The molecule has 9 heteroatoms. The first-order chi connectivity index (χ1) is 17.6. The number of nitrogens with zero attached hydrogens (tertiary/aromatic N) is 7. The molecule has 1 saturated heterocycles. The van der Waals surface area contributed by atoms with Crippen LogP contribution in [-0.4, -0.2) is 62.0 Å². The zero-order valence-electron chi connectivity index (χ0n) is 20.2. The third-order valence-electron chi connectivity index (χ3n) is 6.67. The van der Waals surface area contributed by atoms with E-state index in [1.807, 2.05) is 53.4 Å². The lowest BCUT2D eigenvalue weighted by Crippen LogP contribution is -2.49. The van der Waals surface area contributed by atoms with Gasteiger partial charge in [0.25, 0.3) is 5.91 Å². The number of hydrogen-bond acceptors (Lipinski definition) is 7. The molecule has 6 rings (SSSR count). The number of rotatable bonds is 4. The van der Waals surface area contributed by atoms with Gasteiger partial charge in [-0.15, -0.1) is 5.10 Å². The summed E-state index contributed by atoms with van der Waals surface area (Å²) in [6, 6.07) is 21.7. The third kappa shape index (κ3) is 3.98. The topological polar surface area (TPSA) is 91.5 Å². The highest BCUT2D eigenvalue weighted by atomic mass is 16.2. The molecule has 0 aliphatic carbocycles. The molecular formula is C27H26N8O. The Labute approximate surface area is 208 Å². The fourth-order valence-electron chi connectivity index (χ4n) is 4.75. The Balaban J connectivity index is 1.20. The third-order valence-corrected chi connectivity index (χ3v) is 6.67. The van der Waals surface area contributed by atoms with Crippen molar-refractivity contribution < 1.29 is 4.79 Å². The lowest BCUT2D eigenvalue weighted by molar-refractivity contribution is 0.0747. The summed E-state index contributed by atoms with van der Waals surface area (Å²) in [6.45, 7) is 7.24. The van der Waals surface area contributed by atoms with Crippen LogP contribution >= 0.6 is 0 Å². The quantitative estimate of drug-likeness (QED) is 0.418. The normalized spacial score (nSPS) is 13.9. The number of carbonyl (C=O) groups excluding carboxylic acids is 1. The average Bonchev–Trinajstić information content (AvgIpc) is 3.41. The van der Waals surface area contributed by atoms with Crippen LogP contribution in [-0.2, 0) is 0 Å². The highest BCUT2D eigenvalue weighted by Gasteiger charge is 2.23. The van der Waals surface area contributed by atoms with E-state index in [9.17, 15) is 4.79 Å². The number of hydrogen-bond donors (Lipinski definition) is 1. The van der Waals surface area contributed by atoms with Crippen molar-refractivity contribution in [1.82, 2.24) is 29.9 Å². The average molecular weight is 479 g/mol. The maximum Gasteiger partial charge on any atom is 0.254 e. The predicted octanol–water partition coefficient (Wildman–Crippen LogP) is 4.00. The number of para-hydroxylation sites is 2. The van der Waals surface area contributed by atoms with Crippen molar-refractivity contribution in [1.29, 1.82) is 0 Å². The van der Waals surface area contributed by atoms with Crippen molar-refractivity contribution >= 4 is 39.8 Å². The van der Waals surface area contributed by atoms with Crippen LogP contribution < -0.4 is 10.2 Å². The van der Waals surface area contributed by atoms with E-state index < -0.39 is 0 Å². The summed E-state index contributed by atoms with van der Waals surface area (Å²) >= 11 is 0. The fourth-order valence-corrected chi connectivity index (χ4v) is 4.75. The monoisotopic (exact) mass is 478 g/mol. The number of fused-ring (bicyclic) bond motifs is 3. The standard InChI is InChI=1S/C27H26N8O/c1-18-10-11-19(2)24(16-18)33-12-14-34(15-13-33)27(36)20-6-5-7-21(17-20)28-25-26-30-31-32-35(26)23-9-4-3-8-22(23)29-25/h3-11,16-17H,12-15H2,1-2H3,(H,28,29). The second-order valence-corrected chi connectivity index (χ2v) is 9.14. The summed E-state index contributed by atoms with van der Waals surface area (Å²) in [5.41, 5.74) is 7.27. The predicted molar refractivity (Wildman–Crippen MR) is 140 cm³/mol. The molecule has 0 bridgehead atoms. The minimum absolute atomic E-state index is 0.0278. The van der Waals surface area contributed by atoms with Gasteiger partial charge >= 0.3 is 0 Å². The summed E-state index contributed by atoms with van der Waals surface area (Å²) < 4.78 is 1.66. The number of benzene rings is 3. The number of anilines is 3. The van der Waals surface area contributed by atoms with Crippen LogP contribution in [0, 0.1) is 13.8 Å². The van der Waals surface area contributed by atoms with Crippen LogP contribution in [0.15, 0.2) is 66.7 Å². The molecule has 2 aromatic heterocycles. The van der Waals surface area contributed by atoms with Crippen LogP contribution in [0.1, 0.15) is 21.5 Å². The van der Waals surface area contributed by atoms with Crippen LogP contribution in [0.3, 0.4) is 0 Å². The molecule has 36 heavy (non-hydrogen) atoms. The molecule has 3 aromatic carbocycles. The van der Waals surface area contributed by atoms with Gasteiger partial charge in [-0.2, -0.15) is 4.52 Å². The summed E-state index contributed by atoms with van der Waals surface area (Å²) in [5.74, 6) is 0.561. The highest BCUT2D eigenvalue weighted by molar-refractivity contribution is 5.95. The van der Waals surface area contributed by atoms with Gasteiger partial charge in [0.2, 0.25) is 5.65 Å². The van der Waals surface area contributed by atoms with E-state index >= 15 is 0 Å². The first kappa shape index (κ1) is 22.0. The smallest absolute Gasteiger partial charge is 0.254 e. The SMILES string of the molecule is Cc1ccc(C)c(N2CCN(C(=O)c3cccc(Nc4nc5ccccc5n5nnnc45)c3)CC2)c1. The Morgan fingerprint density at radius 1 is 0.917 bits per heavy atom. The zero-order chi connectivity index (χ0) is 24.6. The molecule has 0 radical (unpaired) electrons. The van der Waals surface area contributed by atoms with Crippen LogP contribution in [0.4, 0.5) is 17.2 Å². The van der Waals surface area contributed by atoms with E-state index in [1.54, 1.807) is 4.52 Å². The number of aromatic nitrogens is 5. The molecule has 0 spiro atoms. The van der Waals surface area contributed by atoms with Gasteiger partial charge in [-0.3, -0.25) is 4.79 Å². The molecule has 1 aliphatic heterocycles. The van der Waals surface area contributed by atoms with E-state index in [4.69, 9.17) is 4.98 Å². The molecule has 1 amide bonds. The number of amides is 1. The first-order valence-corrected chi connectivity index (χ1v) is 12.0. The van der Waals surface area contributed by atoms with E-state index in [1.165, 1.54) is 16.8 Å². The fraction of sp³-hybridized carbons (Fsp3) is 0.222. The minimum Gasteiger partial charge on any atom is -0.368 e. The van der Waals surface area contributed by atoms with Gasteiger partial charge in [0.05, 0.1) is 11.0 Å². The Bertz CT molecular complexity index is 1590. The molecule has 1 fully saturated rings. The van der Waals surface area contributed by atoms with Gasteiger partial charge in [0, 0.05) is 43.1 Å². The van der Waals surface area contributed by atoms with Crippen LogP contribution in [0.25, 0.3) is 16.7 Å². The molecule has 0 unspecified atom stereocenters. The Morgan fingerprint density at radius 3 is 2.61 bits per heavy atom. The Kier molecular flexibility index (Phi) is 5.44. The molecule has 3 heterocycles. The molecular weight excluding hydrogens is 452 g/mol. The van der Waals surface area contributed by atoms with Gasteiger partial charge in [-0.1, -0.05) is 30.3 Å². The van der Waals surface area contributed by atoms with E-state index in [0.717, 1.165) is 29.8 Å². The van der Waals surface area contributed by atoms with Crippen molar-refractivity contribution in [2.24, 2.45) is 0 Å². The first-order valence-electron chi connectivity index (χ1n) is 12.0. The summed E-state index contributed by atoms with van der Waals surface area (Å²) in [5, 5.41) is 15.4. The van der Waals surface area contributed by atoms with Crippen molar-refractivity contribution in [2.75, 3.05) is 36.4 Å². The Morgan fingerprint density at radius 2 is 1.75 bits per heavy atom. The maximum atomic E-state index is 13.3. The lowest BCUT2D eigenvalue weighted by atomic mass is 10.1. The number of aryl methyl sites for hydroxylation is 2. The molecule has 0 saturated carbocycles. The van der Waals surface area contributed by atoms with Gasteiger partial charge < -0.3 is 15.1 Å².